The number of aromatic nitrogens is 1. The zero-order chi connectivity index (χ0) is 15.2. The molecular formula is C14H14ClN3O3. The summed E-state index contributed by atoms with van der Waals surface area (Å²) in [6, 6.07) is 8.56. The number of rotatable bonds is 5. The molecule has 0 aliphatic carbocycles. The lowest BCUT2D eigenvalue weighted by molar-refractivity contribution is 0.294. The van der Waals surface area contributed by atoms with Crippen LogP contribution in [0.4, 0.5) is 0 Å². The van der Waals surface area contributed by atoms with E-state index in [1.807, 2.05) is 6.07 Å². The average Bonchev–Trinajstić information content (AvgIpc) is 2.52. The maximum absolute atomic E-state index is 8.64. The maximum Gasteiger partial charge on any atom is 0.219 e. The summed E-state index contributed by atoms with van der Waals surface area (Å²) in [4.78, 5) is 4.09. The van der Waals surface area contributed by atoms with Crippen LogP contribution in [0.25, 0.3) is 0 Å². The summed E-state index contributed by atoms with van der Waals surface area (Å²) in [6.07, 6.45) is 1.64. The van der Waals surface area contributed by atoms with E-state index >= 15 is 0 Å². The van der Waals surface area contributed by atoms with Crippen molar-refractivity contribution in [2.24, 2.45) is 10.9 Å². The summed E-state index contributed by atoms with van der Waals surface area (Å²) in [5.41, 5.74) is 6.75. The van der Waals surface area contributed by atoms with Gasteiger partial charge >= 0.3 is 0 Å². The van der Waals surface area contributed by atoms with Gasteiger partial charge in [0.15, 0.2) is 5.84 Å². The van der Waals surface area contributed by atoms with Gasteiger partial charge in [0.2, 0.25) is 5.88 Å². The minimum Gasteiger partial charge on any atom is -0.489 e. The third kappa shape index (κ3) is 3.55. The Morgan fingerprint density at radius 2 is 2.24 bits per heavy atom. The van der Waals surface area contributed by atoms with Crippen molar-refractivity contribution in [2.75, 3.05) is 7.11 Å². The van der Waals surface area contributed by atoms with E-state index in [2.05, 4.69) is 10.1 Å². The van der Waals surface area contributed by atoms with Crippen molar-refractivity contribution >= 4 is 17.4 Å². The lowest BCUT2D eigenvalue weighted by Gasteiger charge is -2.10. The zero-order valence-corrected chi connectivity index (χ0v) is 12.0. The van der Waals surface area contributed by atoms with Crippen molar-refractivity contribution in [3.8, 4) is 11.6 Å². The molecule has 0 unspecified atom stereocenters. The van der Waals surface area contributed by atoms with E-state index in [1.165, 1.54) is 0 Å². The fourth-order valence-electron chi connectivity index (χ4n) is 1.73. The van der Waals surface area contributed by atoms with Gasteiger partial charge < -0.3 is 20.4 Å². The van der Waals surface area contributed by atoms with Gasteiger partial charge in [-0.05, 0) is 30.3 Å². The van der Waals surface area contributed by atoms with Crippen molar-refractivity contribution in [1.29, 1.82) is 0 Å². The molecule has 1 heterocycles. The Morgan fingerprint density at radius 3 is 2.90 bits per heavy atom. The summed E-state index contributed by atoms with van der Waals surface area (Å²) in [7, 11) is 1.55. The lowest BCUT2D eigenvalue weighted by Crippen LogP contribution is -2.13. The number of oxime groups is 1. The number of ether oxygens (including phenoxy) is 2. The predicted octanol–water partition coefficient (Wildman–Crippen LogP) is 2.42. The molecule has 2 rings (SSSR count). The van der Waals surface area contributed by atoms with Crippen LogP contribution in [-0.4, -0.2) is 23.1 Å². The predicted molar refractivity (Wildman–Crippen MR) is 79.1 cm³/mol. The van der Waals surface area contributed by atoms with Crippen LogP contribution < -0.4 is 15.2 Å². The second-order valence-electron chi connectivity index (χ2n) is 4.09. The Bertz CT molecular complexity index is 662. The van der Waals surface area contributed by atoms with Crippen LogP contribution >= 0.6 is 11.6 Å². The number of benzene rings is 1. The van der Waals surface area contributed by atoms with Gasteiger partial charge in [-0.25, -0.2) is 4.98 Å². The molecule has 0 aliphatic rings. The van der Waals surface area contributed by atoms with Gasteiger partial charge in [0.25, 0.3) is 0 Å². The van der Waals surface area contributed by atoms with Crippen LogP contribution in [0.3, 0.4) is 0 Å². The molecule has 0 fully saturated rings. The number of hydrogen-bond acceptors (Lipinski definition) is 5. The largest absolute Gasteiger partial charge is 0.489 e. The van der Waals surface area contributed by atoms with E-state index in [-0.39, 0.29) is 12.4 Å². The summed E-state index contributed by atoms with van der Waals surface area (Å²) < 4.78 is 10.8. The molecule has 1 aromatic heterocycles. The molecule has 1 aromatic carbocycles. The monoisotopic (exact) mass is 307 g/mol. The number of amidine groups is 1. The molecule has 0 radical (unpaired) electrons. The Labute approximate surface area is 126 Å². The summed E-state index contributed by atoms with van der Waals surface area (Å²) >= 11 is 6.05. The van der Waals surface area contributed by atoms with Gasteiger partial charge in [-0.15, -0.1) is 0 Å². The molecular weight excluding hydrogens is 294 g/mol. The zero-order valence-electron chi connectivity index (χ0n) is 11.3. The maximum atomic E-state index is 8.64. The lowest BCUT2D eigenvalue weighted by atomic mass is 10.2. The van der Waals surface area contributed by atoms with Crippen LogP contribution in [0, 0.1) is 0 Å². The minimum atomic E-state index is -0.0551. The minimum absolute atomic E-state index is 0.0551. The van der Waals surface area contributed by atoms with E-state index in [1.54, 1.807) is 37.6 Å². The Hall–Kier alpha value is -2.47. The molecule has 2 aromatic rings. The topological polar surface area (TPSA) is 90.0 Å². The van der Waals surface area contributed by atoms with E-state index in [0.717, 1.165) is 5.56 Å². The van der Waals surface area contributed by atoms with Gasteiger partial charge in [0.1, 0.15) is 12.4 Å². The van der Waals surface area contributed by atoms with Crippen molar-refractivity contribution in [3.63, 3.8) is 0 Å². The quantitative estimate of drug-likeness (QED) is 0.383. The van der Waals surface area contributed by atoms with Crippen LogP contribution in [0.5, 0.6) is 11.6 Å². The third-order valence-electron chi connectivity index (χ3n) is 2.76. The van der Waals surface area contributed by atoms with Crippen LogP contribution in [0.15, 0.2) is 41.7 Å². The number of methoxy groups -OCH3 is 1. The number of nitrogens with two attached hydrogens (primary N) is 1. The van der Waals surface area contributed by atoms with Crippen molar-refractivity contribution in [1.82, 2.24) is 4.98 Å². The van der Waals surface area contributed by atoms with Crippen molar-refractivity contribution < 1.29 is 14.7 Å². The first-order valence-corrected chi connectivity index (χ1v) is 6.41. The fourth-order valence-corrected chi connectivity index (χ4v) is 1.99. The normalized spacial score (nSPS) is 11.2. The molecule has 0 bridgehead atoms. The van der Waals surface area contributed by atoms with E-state index in [0.29, 0.717) is 22.2 Å². The smallest absolute Gasteiger partial charge is 0.219 e. The molecule has 0 amide bonds. The molecule has 6 nitrogen and oxygen atoms in total. The van der Waals surface area contributed by atoms with E-state index in [4.69, 9.17) is 32.0 Å². The summed E-state index contributed by atoms with van der Waals surface area (Å²) in [6.45, 7) is 0.288. The summed E-state index contributed by atoms with van der Waals surface area (Å²) in [5.74, 6) is 1.01. The van der Waals surface area contributed by atoms with Gasteiger partial charge in [0, 0.05) is 11.8 Å². The molecule has 7 heteroatoms. The van der Waals surface area contributed by atoms with Crippen molar-refractivity contribution in [3.05, 3.63) is 52.7 Å². The molecule has 110 valence electrons. The highest BCUT2D eigenvalue weighted by molar-refractivity contribution is 6.34. The van der Waals surface area contributed by atoms with Gasteiger partial charge in [-0.1, -0.05) is 16.8 Å². The molecule has 21 heavy (non-hydrogen) atoms. The second-order valence-corrected chi connectivity index (χ2v) is 4.49. The Morgan fingerprint density at radius 1 is 1.43 bits per heavy atom. The fraction of sp³-hybridized carbons (Fsp3) is 0.143. The molecule has 0 aliphatic heterocycles. The highest BCUT2D eigenvalue weighted by atomic mass is 35.5. The highest BCUT2D eigenvalue weighted by Crippen LogP contribution is 2.24. The number of halogens is 1. The molecule has 0 atom stereocenters. The summed E-state index contributed by atoms with van der Waals surface area (Å²) in [5, 5.41) is 11.9. The molecule has 0 saturated heterocycles. The van der Waals surface area contributed by atoms with E-state index < -0.39 is 0 Å². The standard InChI is InChI=1S/C14H14ClN3O3/c1-20-14-9(3-2-6-17-14)8-21-10-4-5-11(12(15)7-10)13(16)18-19/h2-7,19H,8H2,1H3,(H2,16,18). The molecule has 0 spiro atoms. The van der Waals surface area contributed by atoms with Gasteiger partial charge in [-0.2, -0.15) is 0 Å². The SMILES string of the molecule is COc1ncccc1COc1ccc(/C(N)=N/O)c(Cl)c1. The van der Waals surface area contributed by atoms with Crippen LogP contribution in [0.2, 0.25) is 5.02 Å². The first kappa shape index (κ1) is 14.9. The highest BCUT2D eigenvalue weighted by Gasteiger charge is 2.08. The Balaban J connectivity index is 2.12. The van der Waals surface area contributed by atoms with Gasteiger partial charge in [-0.3, -0.25) is 0 Å². The number of pyridine rings is 1. The first-order chi connectivity index (χ1) is 10.2. The van der Waals surface area contributed by atoms with Crippen molar-refractivity contribution in [2.45, 2.75) is 6.61 Å². The van der Waals surface area contributed by atoms with Crippen LogP contribution in [-0.2, 0) is 6.61 Å². The van der Waals surface area contributed by atoms with Gasteiger partial charge in [0.05, 0.1) is 17.7 Å². The number of nitrogens with zero attached hydrogens (tertiary/aromatic N) is 2. The van der Waals surface area contributed by atoms with E-state index in [9.17, 15) is 0 Å². The van der Waals surface area contributed by atoms with Crippen LogP contribution in [0.1, 0.15) is 11.1 Å². The molecule has 0 saturated carbocycles. The first-order valence-electron chi connectivity index (χ1n) is 6.04. The average molecular weight is 308 g/mol. The third-order valence-corrected chi connectivity index (χ3v) is 3.07. The molecule has 3 N–H and O–H groups in total. The second kappa shape index (κ2) is 6.81. The Kier molecular flexibility index (Phi) is 4.84. The number of hydrogen-bond donors (Lipinski definition) is 2.